The van der Waals surface area contributed by atoms with Gasteiger partial charge in [-0.05, 0) is 85.9 Å². The first-order chi connectivity index (χ1) is 18.3. The molecule has 2 unspecified atom stereocenters. The van der Waals surface area contributed by atoms with E-state index in [1.165, 1.54) is 40.8 Å². The van der Waals surface area contributed by atoms with Crippen molar-refractivity contribution in [2.24, 2.45) is 5.92 Å². The third-order valence-corrected chi connectivity index (χ3v) is 7.42. The Balaban J connectivity index is 0.000000278. The molecule has 3 aromatic rings. The van der Waals surface area contributed by atoms with Crippen LogP contribution in [-0.2, 0) is 4.79 Å². The summed E-state index contributed by atoms with van der Waals surface area (Å²) in [4.78, 5) is 19.3. The summed E-state index contributed by atoms with van der Waals surface area (Å²) < 4.78 is 26.4. The average molecular weight is 526 g/mol. The zero-order valence-corrected chi connectivity index (χ0v) is 21.8. The zero-order valence-electron chi connectivity index (χ0n) is 21.8. The molecule has 38 heavy (non-hydrogen) atoms. The number of β-amino-alcohol motifs (C(OH)–C–C–N with tert-alkyl or cyclic N) is 2. The number of carbonyl (C=O) groups is 1. The number of aliphatic hydroxyl groups is 2. The molecule has 1 aromatic heterocycles. The van der Waals surface area contributed by atoms with Gasteiger partial charge in [-0.1, -0.05) is 18.2 Å². The van der Waals surface area contributed by atoms with Crippen molar-refractivity contribution < 1.29 is 23.8 Å². The summed E-state index contributed by atoms with van der Waals surface area (Å²) in [7, 11) is 0. The van der Waals surface area contributed by atoms with Crippen molar-refractivity contribution in [3.63, 3.8) is 0 Å². The average Bonchev–Trinajstić information content (AvgIpc) is 3.38. The van der Waals surface area contributed by atoms with Gasteiger partial charge in [0.1, 0.15) is 11.6 Å². The molecular formula is C30H37F2N3O3. The van der Waals surface area contributed by atoms with Gasteiger partial charge in [0.15, 0.2) is 0 Å². The van der Waals surface area contributed by atoms with Crippen LogP contribution >= 0.6 is 0 Å². The topological polar surface area (TPSA) is 79.8 Å². The Hall–Kier alpha value is -3.07. The molecule has 204 valence electrons. The van der Waals surface area contributed by atoms with E-state index < -0.39 is 17.7 Å². The molecule has 0 aliphatic carbocycles. The van der Waals surface area contributed by atoms with Crippen LogP contribution < -0.4 is 0 Å². The predicted octanol–water partition coefficient (Wildman–Crippen LogP) is 4.51. The van der Waals surface area contributed by atoms with Gasteiger partial charge in [-0.25, -0.2) is 8.78 Å². The highest BCUT2D eigenvalue weighted by molar-refractivity contribution is 5.91. The summed E-state index contributed by atoms with van der Waals surface area (Å²) in [6.07, 6.45) is 7.14. The second kappa shape index (κ2) is 13.1. The number of hydrogen-bond acceptors (Lipinski definition) is 4. The van der Waals surface area contributed by atoms with Gasteiger partial charge in [-0.3, -0.25) is 9.69 Å². The fourth-order valence-electron chi connectivity index (χ4n) is 5.30. The first-order valence-electron chi connectivity index (χ1n) is 13.3. The van der Waals surface area contributed by atoms with Crippen molar-refractivity contribution in [2.75, 3.05) is 32.7 Å². The van der Waals surface area contributed by atoms with Crippen molar-refractivity contribution in [2.45, 2.75) is 44.8 Å². The predicted molar refractivity (Wildman–Crippen MR) is 145 cm³/mol. The Morgan fingerprint density at radius 1 is 1.11 bits per heavy atom. The van der Waals surface area contributed by atoms with Crippen molar-refractivity contribution in [1.29, 1.82) is 0 Å². The van der Waals surface area contributed by atoms with Crippen LogP contribution in [0.4, 0.5) is 8.78 Å². The maximum Gasteiger partial charge on any atom is 0.246 e. The summed E-state index contributed by atoms with van der Waals surface area (Å²) >= 11 is 0. The Bertz CT molecular complexity index is 1220. The van der Waals surface area contributed by atoms with Gasteiger partial charge in [0.25, 0.3) is 0 Å². The Morgan fingerprint density at radius 3 is 2.53 bits per heavy atom. The number of aryl methyl sites for hydroxylation is 1. The van der Waals surface area contributed by atoms with E-state index in [1.54, 1.807) is 4.90 Å². The van der Waals surface area contributed by atoms with Gasteiger partial charge in [0.2, 0.25) is 5.91 Å². The van der Waals surface area contributed by atoms with Gasteiger partial charge in [-0.15, -0.1) is 0 Å². The number of nitrogens with one attached hydrogen (secondary N) is 1. The van der Waals surface area contributed by atoms with Crippen molar-refractivity contribution in [3.05, 3.63) is 77.5 Å². The third-order valence-electron chi connectivity index (χ3n) is 7.42. The van der Waals surface area contributed by atoms with Crippen LogP contribution in [-0.4, -0.2) is 75.8 Å². The molecule has 0 saturated carbocycles. The normalized spacial score (nSPS) is 19.9. The molecule has 6 nitrogen and oxygen atoms in total. The second-order valence-electron chi connectivity index (χ2n) is 10.3. The van der Waals surface area contributed by atoms with Crippen LogP contribution in [0.1, 0.15) is 36.8 Å². The summed E-state index contributed by atoms with van der Waals surface area (Å²) in [5.74, 6) is -1.42. The lowest BCUT2D eigenvalue weighted by Gasteiger charge is -2.37. The van der Waals surface area contributed by atoms with Crippen LogP contribution in [0.5, 0.6) is 0 Å². The van der Waals surface area contributed by atoms with Gasteiger partial charge >= 0.3 is 0 Å². The molecule has 2 aliphatic heterocycles. The quantitative estimate of drug-likeness (QED) is 0.429. The molecule has 2 aliphatic rings. The van der Waals surface area contributed by atoms with Gasteiger partial charge in [0, 0.05) is 50.0 Å². The Kier molecular flexibility index (Phi) is 9.66. The number of aromatic nitrogens is 1. The molecule has 0 radical (unpaired) electrons. The van der Waals surface area contributed by atoms with Gasteiger partial charge < -0.3 is 20.1 Å². The van der Waals surface area contributed by atoms with E-state index in [0.717, 1.165) is 25.5 Å². The monoisotopic (exact) mass is 525 g/mol. The summed E-state index contributed by atoms with van der Waals surface area (Å²) in [6, 6.07) is 11.5. The number of fused-ring (bicyclic) bond motifs is 1. The van der Waals surface area contributed by atoms with E-state index in [1.807, 2.05) is 6.20 Å². The number of H-pyrrole nitrogens is 1. The number of aromatic amines is 1. The third kappa shape index (κ3) is 7.72. The van der Waals surface area contributed by atoms with Crippen LogP contribution in [0.25, 0.3) is 17.0 Å². The number of halogens is 2. The first kappa shape index (κ1) is 28.0. The summed E-state index contributed by atoms with van der Waals surface area (Å²) in [5, 5.41) is 21.6. The number of amides is 1. The fraction of sp³-hybridized carbons (Fsp3) is 0.433. The molecule has 2 fully saturated rings. The molecule has 2 aromatic carbocycles. The minimum atomic E-state index is -0.678. The lowest BCUT2D eigenvalue weighted by molar-refractivity contribution is -0.128. The summed E-state index contributed by atoms with van der Waals surface area (Å²) in [6.45, 7) is 5.27. The van der Waals surface area contributed by atoms with Crippen LogP contribution in [0, 0.1) is 24.5 Å². The van der Waals surface area contributed by atoms with Crippen LogP contribution in [0.2, 0.25) is 0 Å². The highest BCUT2D eigenvalue weighted by Gasteiger charge is 2.29. The minimum Gasteiger partial charge on any atom is -0.392 e. The fourth-order valence-corrected chi connectivity index (χ4v) is 5.30. The lowest BCUT2D eigenvalue weighted by atomic mass is 9.90. The molecule has 0 bridgehead atoms. The van der Waals surface area contributed by atoms with E-state index in [2.05, 4.69) is 41.1 Å². The molecular weight excluding hydrogens is 488 g/mol. The number of likely N-dealkylation sites (tertiary alicyclic amines) is 2. The molecule has 5 rings (SSSR count). The number of nitrogens with zero attached hydrogens (tertiary/aromatic N) is 2. The molecule has 1 amide bonds. The van der Waals surface area contributed by atoms with Crippen molar-refractivity contribution >= 4 is 22.9 Å². The molecule has 0 spiro atoms. The van der Waals surface area contributed by atoms with Crippen LogP contribution in [0.3, 0.4) is 0 Å². The minimum absolute atomic E-state index is 0.129. The van der Waals surface area contributed by atoms with E-state index in [9.17, 15) is 23.8 Å². The Morgan fingerprint density at radius 2 is 1.84 bits per heavy atom. The maximum atomic E-state index is 13.2. The highest BCUT2D eigenvalue weighted by atomic mass is 19.1. The zero-order chi connectivity index (χ0) is 27.1. The molecule has 8 heteroatoms. The number of piperidine rings is 2. The van der Waals surface area contributed by atoms with E-state index >= 15 is 0 Å². The Labute approximate surface area is 222 Å². The molecule has 2 saturated heterocycles. The second-order valence-corrected chi connectivity index (χ2v) is 10.3. The molecule has 2 atom stereocenters. The largest absolute Gasteiger partial charge is 0.392 e. The van der Waals surface area contributed by atoms with E-state index in [0.29, 0.717) is 44.6 Å². The molecule has 3 heterocycles. The number of carbonyl (C=O) groups excluding carboxylic acids is 1. The number of para-hydroxylation sites is 1. The van der Waals surface area contributed by atoms with E-state index in [-0.39, 0.29) is 17.9 Å². The lowest BCUT2D eigenvalue weighted by Crippen LogP contribution is -2.46. The number of hydrogen-bond donors (Lipinski definition) is 3. The van der Waals surface area contributed by atoms with Crippen molar-refractivity contribution in [1.82, 2.24) is 14.8 Å². The first-order valence-corrected chi connectivity index (χ1v) is 13.3. The highest BCUT2D eigenvalue weighted by Crippen LogP contribution is 2.23. The smallest absolute Gasteiger partial charge is 0.246 e. The number of benzene rings is 2. The molecule has 3 N–H and O–H groups in total. The van der Waals surface area contributed by atoms with Gasteiger partial charge in [-0.2, -0.15) is 0 Å². The van der Waals surface area contributed by atoms with E-state index in [4.69, 9.17) is 0 Å². The van der Waals surface area contributed by atoms with Crippen LogP contribution in [0.15, 0.2) is 54.7 Å². The SMILES string of the molecule is Cc1cccc2cc[nH]c12.O=C(/C=C/c1cc(F)cc(F)c1)N1CCC(C(O)CN2CCCC(O)C2)CC1. The van der Waals surface area contributed by atoms with Gasteiger partial charge in [0.05, 0.1) is 12.2 Å². The number of aliphatic hydroxyl groups excluding tert-OH is 2. The van der Waals surface area contributed by atoms with Crippen molar-refractivity contribution in [3.8, 4) is 0 Å². The maximum absolute atomic E-state index is 13.2. The summed E-state index contributed by atoms with van der Waals surface area (Å²) in [5.41, 5.74) is 2.87. The number of rotatable bonds is 5. The standard InChI is InChI=1S/C21H28F2N2O3.C9H9N/c22-17-10-15(11-18(23)12-17)3-4-21(28)25-8-5-16(6-9-25)20(27)14-24-7-1-2-19(26)13-24;1-7-3-2-4-8-5-6-10-9(7)8/h3-4,10-12,16,19-20,26-27H,1-2,5-9,13-14H2;2-6,10H,1H3/b4-3+;.